The van der Waals surface area contributed by atoms with Gasteiger partial charge in [0, 0.05) is 25.6 Å². The molecule has 0 aromatic heterocycles. The molecule has 6 heteroatoms. The van der Waals surface area contributed by atoms with Crippen molar-refractivity contribution in [1.82, 2.24) is 10.2 Å². The molecule has 0 spiro atoms. The minimum Gasteiger partial charge on any atom is -0.493 e. The summed E-state index contributed by atoms with van der Waals surface area (Å²) in [7, 11) is 5.15. The monoisotopic (exact) mass is 292 g/mol. The molecule has 2 heterocycles. The van der Waals surface area contributed by atoms with Gasteiger partial charge in [-0.25, -0.2) is 0 Å². The number of likely N-dealkylation sites (N-methyl/N-ethyl adjacent to an activating group) is 1. The molecule has 1 saturated heterocycles. The molecule has 2 N–H and O–H groups in total. The summed E-state index contributed by atoms with van der Waals surface area (Å²) in [5.74, 6) is 0.431. The van der Waals surface area contributed by atoms with Gasteiger partial charge in [-0.2, -0.15) is 0 Å². The van der Waals surface area contributed by atoms with Gasteiger partial charge in [0.25, 0.3) is 0 Å². The van der Waals surface area contributed by atoms with E-state index in [0.717, 1.165) is 11.1 Å². The smallest absolute Gasteiger partial charge is 0.325 e. The number of carboxylic acids is 1. The zero-order valence-electron chi connectivity index (χ0n) is 12.5. The van der Waals surface area contributed by atoms with E-state index in [1.807, 2.05) is 19.2 Å². The van der Waals surface area contributed by atoms with Crippen LogP contribution in [-0.2, 0) is 11.3 Å². The predicted molar refractivity (Wildman–Crippen MR) is 77.0 cm³/mol. The number of hydrogen-bond donors (Lipinski definition) is 2. The van der Waals surface area contributed by atoms with Crippen molar-refractivity contribution >= 4 is 5.97 Å². The Labute approximate surface area is 123 Å². The Kier molecular flexibility index (Phi) is 3.30. The summed E-state index contributed by atoms with van der Waals surface area (Å²) >= 11 is 0. The highest BCUT2D eigenvalue weighted by molar-refractivity contribution is 5.82. The van der Waals surface area contributed by atoms with E-state index in [4.69, 9.17) is 9.47 Å². The molecular weight excluding hydrogens is 272 g/mol. The number of nitrogens with one attached hydrogen (secondary N) is 1. The van der Waals surface area contributed by atoms with E-state index in [1.54, 1.807) is 14.2 Å². The Morgan fingerprint density at radius 1 is 1.38 bits per heavy atom. The highest BCUT2D eigenvalue weighted by Gasteiger charge is 2.54. The van der Waals surface area contributed by atoms with Gasteiger partial charge in [0.15, 0.2) is 11.5 Å². The molecule has 0 radical (unpaired) electrons. The minimum absolute atomic E-state index is 0.0939. The van der Waals surface area contributed by atoms with Crippen LogP contribution in [-0.4, -0.2) is 55.9 Å². The first-order valence-corrected chi connectivity index (χ1v) is 6.93. The summed E-state index contributed by atoms with van der Waals surface area (Å²) in [5.41, 5.74) is 1.20. The summed E-state index contributed by atoms with van der Waals surface area (Å²) in [6.07, 6.45) is 0. The molecule has 0 aliphatic carbocycles. The van der Waals surface area contributed by atoms with Crippen LogP contribution in [0.3, 0.4) is 0 Å². The maximum absolute atomic E-state index is 11.8. The van der Waals surface area contributed by atoms with Gasteiger partial charge in [0.1, 0.15) is 5.54 Å². The highest BCUT2D eigenvalue weighted by atomic mass is 16.5. The van der Waals surface area contributed by atoms with Gasteiger partial charge >= 0.3 is 5.97 Å². The third-order valence-corrected chi connectivity index (χ3v) is 4.61. The van der Waals surface area contributed by atoms with E-state index in [1.165, 1.54) is 0 Å². The van der Waals surface area contributed by atoms with Crippen molar-refractivity contribution in [1.29, 1.82) is 0 Å². The average Bonchev–Trinajstić information content (AvgIpc) is 2.83. The van der Waals surface area contributed by atoms with E-state index in [0.29, 0.717) is 31.1 Å². The minimum atomic E-state index is -0.915. The SMILES string of the molecule is COc1cc2c(cc1OC)C1CN(C)CC1(C(=O)O)NC2. The lowest BCUT2D eigenvalue weighted by atomic mass is 9.76. The third-order valence-electron chi connectivity index (χ3n) is 4.61. The van der Waals surface area contributed by atoms with Gasteiger partial charge in [0.2, 0.25) is 0 Å². The molecule has 1 aromatic rings. The van der Waals surface area contributed by atoms with Crippen molar-refractivity contribution in [2.45, 2.75) is 18.0 Å². The first-order chi connectivity index (χ1) is 10.0. The quantitative estimate of drug-likeness (QED) is 0.853. The van der Waals surface area contributed by atoms with Crippen LogP contribution < -0.4 is 14.8 Å². The zero-order chi connectivity index (χ0) is 15.2. The molecule has 0 saturated carbocycles. The number of fused-ring (bicyclic) bond motifs is 3. The molecular formula is C15H20N2O4. The van der Waals surface area contributed by atoms with Crippen molar-refractivity contribution in [3.63, 3.8) is 0 Å². The number of nitrogens with zero attached hydrogens (tertiary/aromatic N) is 1. The van der Waals surface area contributed by atoms with Gasteiger partial charge in [-0.15, -0.1) is 0 Å². The van der Waals surface area contributed by atoms with Crippen molar-refractivity contribution in [2.24, 2.45) is 0 Å². The largest absolute Gasteiger partial charge is 0.493 e. The lowest BCUT2D eigenvalue weighted by molar-refractivity contribution is -0.145. The second kappa shape index (κ2) is 4.89. The molecule has 2 unspecified atom stereocenters. The number of likely N-dealkylation sites (tertiary alicyclic amines) is 1. The fraction of sp³-hybridized carbons (Fsp3) is 0.533. The van der Waals surface area contributed by atoms with Gasteiger partial charge in [-0.05, 0) is 30.3 Å². The first-order valence-electron chi connectivity index (χ1n) is 6.93. The Morgan fingerprint density at radius 2 is 2.05 bits per heavy atom. The molecule has 2 aliphatic rings. The van der Waals surface area contributed by atoms with Crippen LogP contribution in [0.5, 0.6) is 11.5 Å². The first kappa shape index (κ1) is 14.2. The summed E-state index contributed by atoms with van der Waals surface area (Å²) in [6, 6.07) is 3.86. The molecule has 6 nitrogen and oxygen atoms in total. The summed E-state index contributed by atoms with van der Waals surface area (Å²) in [5, 5.41) is 13.0. The van der Waals surface area contributed by atoms with Crippen molar-refractivity contribution in [3.05, 3.63) is 23.3 Å². The predicted octanol–water partition coefficient (Wildman–Crippen LogP) is 0.659. The lowest BCUT2D eigenvalue weighted by Crippen LogP contribution is -2.59. The number of benzene rings is 1. The summed E-state index contributed by atoms with van der Waals surface area (Å²) in [6.45, 7) is 1.73. The molecule has 2 aliphatic heterocycles. The third kappa shape index (κ3) is 1.98. The second-order valence-electron chi connectivity index (χ2n) is 5.79. The average molecular weight is 292 g/mol. The molecule has 1 aromatic carbocycles. The number of hydrogen-bond acceptors (Lipinski definition) is 5. The standard InChI is InChI=1S/C15H20N2O4/c1-17-7-11-10-5-13(21-3)12(20-2)4-9(10)6-16-15(11,8-17)14(18)19/h4-5,11,16H,6-8H2,1-3H3,(H,18,19). The fourth-order valence-electron chi connectivity index (χ4n) is 3.57. The van der Waals surface area contributed by atoms with Gasteiger partial charge in [-0.1, -0.05) is 0 Å². The normalized spacial score (nSPS) is 27.9. The van der Waals surface area contributed by atoms with E-state index in [2.05, 4.69) is 10.2 Å². The number of methoxy groups -OCH3 is 2. The number of carbonyl (C=O) groups is 1. The van der Waals surface area contributed by atoms with Crippen LogP contribution in [0, 0.1) is 0 Å². The van der Waals surface area contributed by atoms with Crippen molar-refractivity contribution < 1.29 is 19.4 Å². The molecule has 0 bridgehead atoms. The number of carboxylic acid groups (broad SMARTS) is 1. The molecule has 3 rings (SSSR count). The maximum atomic E-state index is 11.8. The zero-order valence-corrected chi connectivity index (χ0v) is 12.5. The van der Waals surface area contributed by atoms with Crippen LogP contribution in [0.25, 0.3) is 0 Å². The number of rotatable bonds is 3. The Balaban J connectivity index is 2.12. The van der Waals surface area contributed by atoms with E-state index >= 15 is 0 Å². The van der Waals surface area contributed by atoms with Crippen LogP contribution in [0.1, 0.15) is 17.0 Å². The Hall–Kier alpha value is -1.79. The Morgan fingerprint density at radius 3 is 2.67 bits per heavy atom. The van der Waals surface area contributed by atoms with E-state index < -0.39 is 11.5 Å². The Bertz CT molecular complexity index is 589. The van der Waals surface area contributed by atoms with E-state index in [9.17, 15) is 9.90 Å². The van der Waals surface area contributed by atoms with Crippen LogP contribution in [0.2, 0.25) is 0 Å². The van der Waals surface area contributed by atoms with Gasteiger partial charge < -0.3 is 19.5 Å². The molecule has 21 heavy (non-hydrogen) atoms. The fourth-order valence-corrected chi connectivity index (χ4v) is 3.57. The van der Waals surface area contributed by atoms with Gasteiger partial charge in [-0.3, -0.25) is 10.1 Å². The summed E-state index contributed by atoms with van der Waals surface area (Å²) < 4.78 is 10.7. The maximum Gasteiger partial charge on any atom is 0.325 e. The van der Waals surface area contributed by atoms with E-state index in [-0.39, 0.29) is 5.92 Å². The molecule has 0 amide bonds. The lowest BCUT2D eigenvalue weighted by Gasteiger charge is -2.37. The highest BCUT2D eigenvalue weighted by Crippen LogP contribution is 2.44. The van der Waals surface area contributed by atoms with Crippen LogP contribution in [0.4, 0.5) is 0 Å². The molecule has 1 fully saturated rings. The number of ether oxygens (including phenoxy) is 2. The topological polar surface area (TPSA) is 71.0 Å². The van der Waals surface area contributed by atoms with Crippen LogP contribution in [0.15, 0.2) is 12.1 Å². The van der Waals surface area contributed by atoms with Crippen molar-refractivity contribution in [2.75, 3.05) is 34.4 Å². The molecule has 2 atom stereocenters. The van der Waals surface area contributed by atoms with Crippen LogP contribution >= 0.6 is 0 Å². The number of aliphatic carboxylic acids is 1. The van der Waals surface area contributed by atoms with Gasteiger partial charge in [0.05, 0.1) is 14.2 Å². The second-order valence-corrected chi connectivity index (χ2v) is 5.79. The van der Waals surface area contributed by atoms with Crippen molar-refractivity contribution in [3.8, 4) is 11.5 Å². The molecule has 114 valence electrons. The summed E-state index contributed by atoms with van der Waals surface area (Å²) in [4.78, 5) is 13.9.